The molecule has 1 aromatic carbocycles. The summed E-state index contributed by atoms with van der Waals surface area (Å²) in [6.07, 6.45) is 2.88. The maximum Gasteiger partial charge on any atom is 0.251 e. The number of hydrogen-bond donors (Lipinski definition) is 2. The van der Waals surface area contributed by atoms with Crippen LogP contribution >= 0.6 is 0 Å². The van der Waals surface area contributed by atoms with Crippen LogP contribution in [0.2, 0.25) is 0 Å². The van der Waals surface area contributed by atoms with Crippen molar-refractivity contribution in [3.8, 4) is 0 Å². The fourth-order valence-electron chi connectivity index (χ4n) is 1.70. The Morgan fingerprint density at radius 3 is 2.42 bits per heavy atom. The van der Waals surface area contributed by atoms with Crippen LogP contribution in [-0.2, 0) is 4.79 Å². The lowest BCUT2D eigenvalue weighted by Crippen LogP contribution is -2.31. The van der Waals surface area contributed by atoms with E-state index in [-0.39, 0.29) is 23.8 Å². The molecule has 0 aliphatic heterocycles. The molecule has 102 valence electrons. The number of hydrogen-bond acceptors (Lipinski definition) is 2. The minimum absolute atomic E-state index is 0.0746. The molecule has 2 N–H and O–H groups in total. The summed E-state index contributed by atoms with van der Waals surface area (Å²) in [5.74, 6) is 0.194. The lowest BCUT2D eigenvalue weighted by atomic mass is 10.1. The first-order valence-corrected chi connectivity index (χ1v) is 6.82. The van der Waals surface area contributed by atoms with Crippen molar-refractivity contribution in [2.75, 3.05) is 5.32 Å². The van der Waals surface area contributed by atoms with Gasteiger partial charge in [-0.3, -0.25) is 9.59 Å². The van der Waals surface area contributed by atoms with Crippen molar-refractivity contribution in [2.24, 2.45) is 5.92 Å². The van der Waals surface area contributed by atoms with Crippen LogP contribution in [0.15, 0.2) is 24.3 Å². The molecule has 0 radical (unpaired) electrons. The Morgan fingerprint density at radius 2 is 1.89 bits per heavy atom. The third-order valence-corrected chi connectivity index (χ3v) is 3.35. The predicted octanol–water partition coefficient (Wildman–Crippen LogP) is 2.56. The third-order valence-electron chi connectivity index (χ3n) is 3.35. The summed E-state index contributed by atoms with van der Waals surface area (Å²) in [6, 6.07) is 7.18. The van der Waals surface area contributed by atoms with E-state index in [9.17, 15) is 9.59 Å². The summed E-state index contributed by atoms with van der Waals surface area (Å²) >= 11 is 0. The molecule has 1 aliphatic carbocycles. The largest absolute Gasteiger partial charge is 0.350 e. The fourth-order valence-corrected chi connectivity index (χ4v) is 1.70. The Balaban J connectivity index is 1.93. The van der Waals surface area contributed by atoms with Crippen LogP contribution in [0, 0.1) is 5.92 Å². The normalized spacial score (nSPS) is 15.7. The van der Waals surface area contributed by atoms with E-state index in [1.807, 2.05) is 13.8 Å². The van der Waals surface area contributed by atoms with Gasteiger partial charge in [-0.2, -0.15) is 0 Å². The maximum absolute atomic E-state index is 11.9. The molecule has 0 aromatic heterocycles. The van der Waals surface area contributed by atoms with E-state index in [0.717, 1.165) is 24.9 Å². The molecule has 0 saturated heterocycles. The van der Waals surface area contributed by atoms with Crippen molar-refractivity contribution in [1.29, 1.82) is 0 Å². The van der Waals surface area contributed by atoms with Crippen LogP contribution in [0.4, 0.5) is 5.69 Å². The van der Waals surface area contributed by atoms with Crippen LogP contribution in [0.5, 0.6) is 0 Å². The highest BCUT2D eigenvalue weighted by Crippen LogP contribution is 2.30. The molecule has 1 aromatic rings. The molecular formula is C15H20N2O2. The van der Waals surface area contributed by atoms with Gasteiger partial charge < -0.3 is 10.6 Å². The van der Waals surface area contributed by atoms with Gasteiger partial charge in [-0.1, -0.05) is 6.92 Å². The van der Waals surface area contributed by atoms with E-state index in [4.69, 9.17) is 0 Å². The highest BCUT2D eigenvalue weighted by Gasteiger charge is 2.29. The Morgan fingerprint density at radius 1 is 1.26 bits per heavy atom. The van der Waals surface area contributed by atoms with Gasteiger partial charge >= 0.3 is 0 Å². The first kappa shape index (κ1) is 13.6. The Bertz CT molecular complexity index is 464. The number of benzene rings is 1. The molecule has 0 bridgehead atoms. The van der Waals surface area contributed by atoms with Gasteiger partial charge in [-0.05, 0) is 50.5 Å². The highest BCUT2D eigenvalue weighted by molar-refractivity contribution is 5.96. The zero-order chi connectivity index (χ0) is 13.8. The van der Waals surface area contributed by atoms with Crippen molar-refractivity contribution < 1.29 is 9.59 Å². The van der Waals surface area contributed by atoms with E-state index >= 15 is 0 Å². The molecule has 2 amide bonds. The third kappa shape index (κ3) is 3.81. The monoisotopic (exact) mass is 260 g/mol. The molecule has 0 spiro atoms. The van der Waals surface area contributed by atoms with Gasteiger partial charge in [0, 0.05) is 23.2 Å². The van der Waals surface area contributed by atoms with E-state index < -0.39 is 0 Å². The number of rotatable bonds is 5. The zero-order valence-electron chi connectivity index (χ0n) is 11.4. The van der Waals surface area contributed by atoms with Crippen molar-refractivity contribution >= 4 is 17.5 Å². The molecule has 1 saturated carbocycles. The SMILES string of the molecule is CC[C@@H](C)NC(=O)c1ccc(NC(=O)C2CC2)cc1. The summed E-state index contributed by atoms with van der Waals surface area (Å²) in [7, 11) is 0. The van der Waals surface area contributed by atoms with Gasteiger partial charge in [0.15, 0.2) is 0 Å². The molecule has 4 heteroatoms. The van der Waals surface area contributed by atoms with Gasteiger partial charge in [-0.25, -0.2) is 0 Å². The van der Waals surface area contributed by atoms with Crippen molar-refractivity contribution in [1.82, 2.24) is 5.32 Å². The minimum Gasteiger partial charge on any atom is -0.350 e. The van der Waals surface area contributed by atoms with Crippen molar-refractivity contribution in [3.63, 3.8) is 0 Å². The van der Waals surface area contributed by atoms with Crippen molar-refractivity contribution in [2.45, 2.75) is 39.2 Å². The van der Waals surface area contributed by atoms with Crippen LogP contribution < -0.4 is 10.6 Å². The average molecular weight is 260 g/mol. The smallest absolute Gasteiger partial charge is 0.251 e. The number of carbonyl (C=O) groups is 2. The van der Waals surface area contributed by atoms with E-state index in [0.29, 0.717) is 5.56 Å². The molecule has 1 aliphatic rings. The van der Waals surface area contributed by atoms with Gasteiger partial charge in [0.2, 0.25) is 5.91 Å². The molecular weight excluding hydrogens is 240 g/mol. The number of anilines is 1. The summed E-state index contributed by atoms with van der Waals surface area (Å²) in [5.41, 5.74) is 1.36. The van der Waals surface area contributed by atoms with Crippen LogP contribution in [0.1, 0.15) is 43.5 Å². The second-order valence-corrected chi connectivity index (χ2v) is 5.12. The maximum atomic E-state index is 11.9. The topological polar surface area (TPSA) is 58.2 Å². The first-order chi connectivity index (χ1) is 9.10. The van der Waals surface area contributed by atoms with Gasteiger partial charge in [0.05, 0.1) is 0 Å². The minimum atomic E-state index is -0.0746. The fraction of sp³-hybridized carbons (Fsp3) is 0.467. The van der Waals surface area contributed by atoms with E-state index in [1.54, 1.807) is 24.3 Å². The molecule has 2 rings (SSSR count). The number of carbonyl (C=O) groups excluding carboxylic acids is 2. The Kier molecular flexibility index (Phi) is 4.20. The number of amides is 2. The lowest BCUT2D eigenvalue weighted by molar-refractivity contribution is -0.117. The summed E-state index contributed by atoms with van der Waals surface area (Å²) in [4.78, 5) is 23.5. The van der Waals surface area contributed by atoms with Crippen LogP contribution in [0.3, 0.4) is 0 Å². The van der Waals surface area contributed by atoms with Crippen LogP contribution in [0.25, 0.3) is 0 Å². The second kappa shape index (κ2) is 5.87. The zero-order valence-corrected chi connectivity index (χ0v) is 11.4. The van der Waals surface area contributed by atoms with Gasteiger partial charge in [0.1, 0.15) is 0 Å². The average Bonchev–Trinajstić information content (AvgIpc) is 3.23. The summed E-state index contributed by atoms with van der Waals surface area (Å²) in [6.45, 7) is 4.00. The quantitative estimate of drug-likeness (QED) is 0.854. The second-order valence-electron chi connectivity index (χ2n) is 5.12. The predicted molar refractivity (Wildman–Crippen MR) is 75.0 cm³/mol. The Hall–Kier alpha value is -1.84. The standard InChI is InChI=1S/C15H20N2O2/c1-3-10(2)16-14(18)12-6-8-13(9-7-12)17-15(19)11-4-5-11/h6-11H,3-5H2,1-2H3,(H,16,18)(H,17,19)/t10-/m1/s1. The first-order valence-electron chi connectivity index (χ1n) is 6.82. The van der Waals surface area contributed by atoms with Gasteiger partial charge in [0.25, 0.3) is 5.91 Å². The lowest BCUT2D eigenvalue weighted by Gasteiger charge is -2.11. The van der Waals surface area contributed by atoms with E-state index in [1.165, 1.54) is 0 Å². The molecule has 0 unspecified atom stereocenters. The van der Waals surface area contributed by atoms with Crippen molar-refractivity contribution in [3.05, 3.63) is 29.8 Å². The molecule has 0 heterocycles. The number of nitrogens with one attached hydrogen (secondary N) is 2. The van der Waals surface area contributed by atoms with E-state index in [2.05, 4.69) is 10.6 Å². The Labute approximate surface area is 113 Å². The molecule has 4 nitrogen and oxygen atoms in total. The molecule has 19 heavy (non-hydrogen) atoms. The summed E-state index contributed by atoms with van der Waals surface area (Å²) in [5, 5.41) is 5.76. The highest BCUT2D eigenvalue weighted by atomic mass is 16.2. The van der Waals surface area contributed by atoms with Crippen LogP contribution in [-0.4, -0.2) is 17.9 Å². The molecule has 1 atom stereocenters. The summed E-state index contributed by atoms with van der Waals surface area (Å²) < 4.78 is 0. The molecule has 1 fully saturated rings. The van der Waals surface area contributed by atoms with Gasteiger partial charge in [-0.15, -0.1) is 0 Å².